The van der Waals surface area contributed by atoms with Crippen molar-refractivity contribution < 1.29 is 27.5 Å². The summed E-state index contributed by atoms with van der Waals surface area (Å²) >= 11 is 0. The van der Waals surface area contributed by atoms with Gasteiger partial charge in [0.05, 0.1) is 5.56 Å². The molecule has 0 spiro atoms. The summed E-state index contributed by atoms with van der Waals surface area (Å²) in [5, 5.41) is 12.1. The molecule has 2 saturated carbocycles. The van der Waals surface area contributed by atoms with Crippen LogP contribution in [-0.2, 0) is 11.0 Å². The Morgan fingerprint density at radius 3 is 2.29 bits per heavy atom. The van der Waals surface area contributed by atoms with E-state index in [1.165, 1.54) is 18.6 Å². The highest BCUT2D eigenvalue weighted by molar-refractivity contribution is 5.67. The van der Waals surface area contributed by atoms with Crippen LogP contribution < -0.4 is 5.32 Å². The number of halogens is 4. The van der Waals surface area contributed by atoms with E-state index in [0.717, 1.165) is 82.0 Å². The van der Waals surface area contributed by atoms with Crippen molar-refractivity contribution in [2.24, 2.45) is 11.8 Å². The Hall–Kier alpha value is -1.63. The molecule has 0 saturated heterocycles. The molecule has 34 heavy (non-hydrogen) atoms. The zero-order valence-corrected chi connectivity index (χ0v) is 20.6. The Balaban J connectivity index is 0.000000257. The average molecular weight is 488 g/mol. The van der Waals surface area contributed by atoms with E-state index in [1.54, 1.807) is 0 Å². The molecule has 1 aromatic rings. The number of hydrogen-bond acceptors (Lipinski definition) is 2. The van der Waals surface area contributed by atoms with Crippen LogP contribution in [-0.4, -0.2) is 29.8 Å². The van der Waals surface area contributed by atoms with Crippen LogP contribution in [0.25, 0.3) is 0 Å². The third-order valence-corrected chi connectivity index (χ3v) is 7.05. The van der Waals surface area contributed by atoms with E-state index < -0.39 is 23.4 Å². The third-order valence-electron chi connectivity index (χ3n) is 7.05. The molecule has 3 rings (SSSR count). The van der Waals surface area contributed by atoms with E-state index >= 15 is 0 Å². The lowest BCUT2D eigenvalue weighted by molar-refractivity contribution is -0.139. The first-order valence-corrected chi connectivity index (χ1v) is 12.8. The monoisotopic (exact) mass is 487 g/mol. The fraction of sp³-hybridized carbons (Fsp3) is 0.741. The molecule has 1 aromatic carbocycles. The maximum absolute atomic E-state index is 14.0. The highest BCUT2D eigenvalue weighted by Crippen LogP contribution is 2.38. The SMILES string of the molecule is CC(C)CCNCC1(F)CCCCC1.O=C(O)CC1CCCC(c2ccc(C(F)(F)F)cc2)C1. The molecule has 7 heteroatoms. The molecular weight excluding hydrogens is 446 g/mol. The Morgan fingerprint density at radius 2 is 1.74 bits per heavy atom. The lowest BCUT2D eigenvalue weighted by Gasteiger charge is -2.29. The third kappa shape index (κ3) is 10.3. The Morgan fingerprint density at radius 1 is 1.09 bits per heavy atom. The van der Waals surface area contributed by atoms with E-state index in [1.807, 2.05) is 0 Å². The van der Waals surface area contributed by atoms with Gasteiger partial charge in [-0.15, -0.1) is 0 Å². The molecule has 0 bridgehead atoms. The topological polar surface area (TPSA) is 49.3 Å². The van der Waals surface area contributed by atoms with E-state index in [-0.39, 0.29) is 18.3 Å². The molecule has 2 aliphatic rings. The maximum atomic E-state index is 14.0. The fourth-order valence-electron chi connectivity index (χ4n) is 5.04. The second-order valence-corrected chi connectivity index (χ2v) is 10.5. The van der Waals surface area contributed by atoms with Crippen LogP contribution in [0.2, 0.25) is 0 Å². The van der Waals surface area contributed by atoms with Gasteiger partial charge < -0.3 is 10.4 Å². The van der Waals surface area contributed by atoms with Crippen LogP contribution >= 0.6 is 0 Å². The number of nitrogens with one attached hydrogen (secondary N) is 1. The highest BCUT2D eigenvalue weighted by atomic mass is 19.4. The maximum Gasteiger partial charge on any atom is 0.416 e. The molecule has 2 aliphatic carbocycles. The van der Waals surface area contributed by atoms with Crippen molar-refractivity contribution in [2.75, 3.05) is 13.1 Å². The molecule has 2 atom stereocenters. The minimum atomic E-state index is -4.31. The van der Waals surface area contributed by atoms with Crippen molar-refractivity contribution in [3.8, 4) is 0 Å². The second kappa shape index (κ2) is 13.5. The van der Waals surface area contributed by atoms with Crippen LogP contribution in [0.5, 0.6) is 0 Å². The first-order valence-electron chi connectivity index (χ1n) is 12.8. The summed E-state index contributed by atoms with van der Waals surface area (Å²) in [6, 6.07) is 5.26. The summed E-state index contributed by atoms with van der Waals surface area (Å²) in [7, 11) is 0. The molecule has 2 fully saturated rings. The van der Waals surface area contributed by atoms with Crippen molar-refractivity contribution in [3.05, 3.63) is 35.4 Å². The van der Waals surface area contributed by atoms with Gasteiger partial charge in [0, 0.05) is 13.0 Å². The molecule has 2 N–H and O–H groups in total. The predicted molar refractivity (Wildman–Crippen MR) is 128 cm³/mol. The van der Waals surface area contributed by atoms with Crippen LogP contribution in [0.3, 0.4) is 0 Å². The lowest BCUT2D eigenvalue weighted by atomic mass is 9.77. The minimum absolute atomic E-state index is 0.133. The number of carboxylic acids is 1. The normalized spacial score (nSPS) is 22.7. The van der Waals surface area contributed by atoms with Crippen molar-refractivity contribution in [1.29, 1.82) is 0 Å². The molecular formula is C27H41F4NO2. The molecule has 3 nitrogen and oxygen atoms in total. The number of alkyl halides is 4. The first-order chi connectivity index (χ1) is 16.0. The molecule has 0 aliphatic heterocycles. The van der Waals surface area contributed by atoms with E-state index in [0.29, 0.717) is 12.5 Å². The summed E-state index contributed by atoms with van der Waals surface area (Å²) in [6.07, 6.45) is 5.38. The summed E-state index contributed by atoms with van der Waals surface area (Å²) in [5.74, 6) is 0.219. The Bertz CT molecular complexity index is 727. The smallest absolute Gasteiger partial charge is 0.416 e. The summed E-state index contributed by atoms with van der Waals surface area (Å²) < 4.78 is 51.5. The molecule has 0 amide bonds. The molecule has 0 radical (unpaired) electrons. The van der Waals surface area contributed by atoms with Gasteiger partial charge in [-0.05, 0) is 80.5 Å². The van der Waals surface area contributed by atoms with Crippen molar-refractivity contribution in [2.45, 2.75) is 102 Å². The summed E-state index contributed by atoms with van der Waals surface area (Å²) in [5.41, 5.74) is -0.651. The summed E-state index contributed by atoms with van der Waals surface area (Å²) in [4.78, 5) is 10.7. The van der Waals surface area contributed by atoms with Crippen molar-refractivity contribution in [3.63, 3.8) is 0 Å². The number of carbonyl (C=O) groups is 1. The van der Waals surface area contributed by atoms with Crippen LogP contribution in [0, 0.1) is 11.8 Å². The quantitative estimate of drug-likeness (QED) is 0.291. The predicted octanol–water partition coefficient (Wildman–Crippen LogP) is 7.75. The van der Waals surface area contributed by atoms with Crippen LogP contribution in [0.1, 0.15) is 102 Å². The zero-order valence-electron chi connectivity index (χ0n) is 20.6. The fourth-order valence-corrected chi connectivity index (χ4v) is 5.04. The van der Waals surface area contributed by atoms with Crippen LogP contribution in [0.4, 0.5) is 17.6 Å². The van der Waals surface area contributed by atoms with Gasteiger partial charge in [-0.3, -0.25) is 4.79 Å². The number of benzene rings is 1. The van der Waals surface area contributed by atoms with E-state index in [2.05, 4.69) is 19.2 Å². The first kappa shape index (κ1) is 28.6. The van der Waals surface area contributed by atoms with Gasteiger partial charge in [0.2, 0.25) is 0 Å². The van der Waals surface area contributed by atoms with E-state index in [9.17, 15) is 22.4 Å². The van der Waals surface area contributed by atoms with Gasteiger partial charge in [-0.2, -0.15) is 13.2 Å². The lowest BCUT2D eigenvalue weighted by Crippen LogP contribution is -2.38. The van der Waals surface area contributed by atoms with Gasteiger partial charge in [-0.25, -0.2) is 4.39 Å². The minimum Gasteiger partial charge on any atom is -0.481 e. The average Bonchev–Trinajstić information content (AvgIpc) is 2.77. The van der Waals surface area contributed by atoms with Gasteiger partial charge >= 0.3 is 12.1 Å². The zero-order chi connectivity index (χ0) is 25.2. The van der Waals surface area contributed by atoms with Crippen molar-refractivity contribution in [1.82, 2.24) is 5.32 Å². The van der Waals surface area contributed by atoms with Gasteiger partial charge in [0.15, 0.2) is 0 Å². The van der Waals surface area contributed by atoms with Gasteiger partial charge in [0.1, 0.15) is 5.67 Å². The van der Waals surface area contributed by atoms with Crippen molar-refractivity contribution >= 4 is 5.97 Å². The number of carboxylic acid groups (broad SMARTS) is 1. The molecule has 0 aromatic heterocycles. The number of aliphatic carboxylic acids is 1. The van der Waals surface area contributed by atoms with Gasteiger partial charge in [-0.1, -0.05) is 51.7 Å². The second-order valence-electron chi connectivity index (χ2n) is 10.5. The summed E-state index contributed by atoms with van der Waals surface area (Å²) in [6.45, 7) is 5.93. The molecule has 2 unspecified atom stereocenters. The molecule has 0 heterocycles. The number of rotatable bonds is 8. The molecule has 194 valence electrons. The Kier molecular flexibility index (Phi) is 11.3. The number of hydrogen-bond donors (Lipinski definition) is 2. The Labute approximate surface area is 201 Å². The van der Waals surface area contributed by atoms with Gasteiger partial charge in [0.25, 0.3) is 0 Å². The standard InChI is InChI=1S/C15H17F3O2.C12H24FN/c16-15(17,18)13-6-4-11(5-7-13)12-3-1-2-10(8-12)9-14(19)20;1-11(2)6-9-14-10-12(13)7-4-3-5-8-12/h4-7,10,12H,1-3,8-9H2,(H,19,20);11,14H,3-10H2,1-2H3. The van der Waals surface area contributed by atoms with E-state index in [4.69, 9.17) is 5.11 Å². The van der Waals surface area contributed by atoms with Crippen LogP contribution in [0.15, 0.2) is 24.3 Å². The highest BCUT2D eigenvalue weighted by Gasteiger charge is 2.32. The largest absolute Gasteiger partial charge is 0.481 e.